The molecule has 0 unspecified atom stereocenters. The Bertz CT molecular complexity index is 944. The van der Waals surface area contributed by atoms with E-state index in [9.17, 15) is 4.39 Å². The number of anilines is 1. The molecule has 3 heterocycles. The molecule has 1 aromatic carbocycles. The number of guanidine groups is 1. The van der Waals surface area contributed by atoms with Crippen LogP contribution >= 0.6 is 0 Å². The maximum absolute atomic E-state index is 13.5. The lowest BCUT2D eigenvalue weighted by molar-refractivity contribution is 0.372. The molecule has 1 aliphatic heterocycles. The number of H-pyrrole nitrogens is 1. The fourth-order valence-electron chi connectivity index (χ4n) is 3.69. The molecular formula is C21H25FN6. The number of nitrogens with zero attached hydrogens (tertiary/aromatic N) is 4. The molecule has 1 aliphatic rings. The Balaban J connectivity index is 1.31. The molecule has 0 radical (unpaired) electrons. The Morgan fingerprint density at radius 2 is 2.07 bits per heavy atom. The summed E-state index contributed by atoms with van der Waals surface area (Å²) in [5.74, 6) is 1.73. The van der Waals surface area contributed by atoms with E-state index in [0.717, 1.165) is 67.4 Å². The van der Waals surface area contributed by atoms with Gasteiger partial charge in [-0.15, -0.1) is 0 Å². The molecular weight excluding hydrogens is 355 g/mol. The summed E-state index contributed by atoms with van der Waals surface area (Å²) >= 11 is 0. The lowest BCUT2D eigenvalue weighted by Crippen LogP contribution is -2.53. The van der Waals surface area contributed by atoms with E-state index < -0.39 is 0 Å². The Morgan fingerprint density at radius 3 is 2.82 bits per heavy atom. The van der Waals surface area contributed by atoms with E-state index >= 15 is 0 Å². The van der Waals surface area contributed by atoms with Crippen molar-refractivity contribution < 1.29 is 4.39 Å². The fraction of sp³-hybridized carbons (Fsp3) is 0.333. The first-order valence-electron chi connectivity index (χ1n) is 9.61. The van der Waals surface area contributed by atoms with Crippen LogP contribution in [0.2, 0.25) is 0 Å². The van der Waals surface area contributed by atoms with Crippen LogP contribution in [0.1, 0.15) is 5.56 Å². The lowest BCUT2D eigenvalue weighted by atomic mass is 10.1. The van der Waals surface area contributed by atoms with Crippen molar-refractivity contribution in [3.05, 3.63) is 60.2 Å². The number of aliphatic imine (C=N–C) groups is 1. The minimum Gasteiger partial charge on any atom is -0.361 e. The molecule has 3 aromatic rings. The molecule has 0 spiro atoms. The molecule has 2 aromatic heterocycles. The molecule has 4 rings (SSSR count). The van der Waals surface area contributed by atoms with E-state index in [0.29, 0.717) is 0 Å². The normalized spacial score (nSPS) is 15.3. The number of nitrogens with one attached hydrogen (secondary N) is 2. The van der Waals surface area contributed by atoms with Crippen molar-refractivity contribution in [2.75, 3.05) is 44.7 Å². The maximum atomic E-state index is 13.5. The molecule has 0 atom stereocenters. The quantitative estimate of drug-likeness (QED) is 0.540. The van der Waals surface area contributed by atoms with E-state index in [1.165, 1.54) is 6.07 Å². The van der Waals surface area contributed by atoms with Crippen LogP contribution in [-0.2, 0) is 6.42 Å². The first-order valence-corrected chi connectivity index (χ1v) is 9.61. The molecule has 28 heavy (non-hydrogen) atoms. The molecule has 7 heteroatoms. The molecule has 2 N–H and O–H groups in total. The molecule has 1 fully saturated rings. The lowest BCUT2D eigenvalue weighted by Gasteiger charge is -2.37. The van der Waals surface area contributed by atoms with Crippen molar-refractivity contribution in [1.82, 2.24) is 20.2 Å². The van der Waals surface area contributed by atoms with E-state index in [1.54, 1.807) is 12.1 Å². The van der Waals surface area contributed by atoms with Crippen LogP contribution in [-0.4, -0.2) is 60.6 Å². The van der Waals surface area contributed by atoms with Gasteiger partial charge in [0.1, 0.15) is 11.6 Å². The monoisotopic (exact) mass is 380 g/mol. The van der Waals surface area contributed by atoms with Crippen LogP contribution in [0, 0.1) is 5.82 Å². The summed E-state index contributed by atoms with van der Waals surface area (Å²) in [4.78, 5) is 16.6. The second kappa shape index (κ2) is 8.29. The zero-order valence-electron chi connectivity index (χ0n) is 16.0. The third-order valence-corrected chi connectivity index (χ3v) is 5.17. The summed E-state index contributed by atoms with van der Waals surface area (Å²) in [6.45, 7) is 4.37. The van der Waals surface area contributed by atoms with Gasteiger partial charge < -0.3 is 20.1 Å². The minimum atomic E-state index is -0.206. The standard InChI is InChI=1S/C21H25FN6/c1-23-21(28-12-10-27(11-13-28)20-4-2-3-8-24-20)25-9-7-16-15-26-19-6-5-17(22)14-18(16)19/h2-6,8,14-15,26H,7,9-13H2,1H3,(H,23,25). The SMILES string of the molecule is CN=C(NCCc1c[nH]c2ccc(F)cc12)N1CCN(c2ccccn2)CC1. The van der Waals surface area contributed by atoms with Crippen LogP contribution < -0.4 is 10.2 Å². The van der Waals surface area contributed by atoms with Crippen molar-refractivity contribution in [2.24, 2.45) is 4.99 Å². The van der Waals surface area contributed by atoms with E-state index in [2.05, 4.69) is 30.1 Å². The number of hydrogen-bond donors (Lipinski definition) is 2. The van der Waals surface area contributed by atoms with Gasteiger partial charge >= 0.3 is 0 Å². The summed E-state index contributed by atoms with van der Waals surface area (Å²) in [5, 5.41) is 4.39. The zero-order chi connectivity index (χ0) is 19.3. The third kappa shape index (κ3) is 3.93. The van der Waals surface area contributed by atoms with Crippen molar-refractivity contribution in [1.29, 1.82) is 0 Å². The van der Waals surface area contributed by atoms with E-state index in [-0.39, 0.29) is 5.82 Å². The van der Waals surface area contributed by atoms with Crippen LogP contribution in [0.3, 0.4) is 0 Å². The summed E-state index contributed by atoms with van der Waals surface area (Å²) < 4.78 is 13.5. The Kier molecular flexibility index (Phi) is 5.41. The van der Waals surface area contributed by atoms with Crippen molar-refractivity contribution in [3.63, 3.8) is 0 Å². The number of benzene rings is 1. The zero-order valence-corrected chi connectivity index (χ0v) is 16.0. The number of fused-ring (bicyclic) bond motifs is 1. The van der Waals surface area contributed by atoms with Gasteiger partial charge in [-0.2, -0.15) is 0 Å². The maximum Gasteiger partial charge on any atom is 0.193 e. The highest BCUT2D eigenvalue weighted by atomic mass is 19.1. The second-order valence-electron chi connectivity index (χ2n) is 6.89. The van der Waals surface area contributed by atoms with Gasteiger partial charge in [0.15, 0.2) is 5.96 Å². The van der Waals surface area contributed by atoms with Gasteiger partial charge in [0.25, 0.3) is 0 Å². The van der Waals surface area contributed by atoms with Gasteiger partial charge in [-0.25, -0.2) is 9.37 Å². The fourth-order valence-corrected chi connectivity index (χ4v) is 3.69. The largest absolute Gasteiger partial charge is 0.361 e. The molecule has 0 saturated carbocycles. The van der Waals surface area contributed by atoms with Gasteiger partial charge in [0, 0.05) is 63.1 Å². The van der Waals surface area contributed by atoms with Crippen LogP contribution in [0.4, 0.5) is 10.2 Å². The first-order chi connectivity index (χ1) is 13.7. The second-order valence-corrected chi connectivity index (χ2v) is 6.89. The number of rotatable bonds is 4. The molecule has 146 valence electrons. The Hall–Kier alpha value is -3.09. The number of piperazine rings is 1. The van der Waals surface area contributed by atoms with Gasteiger partial charge in [-0.3, -0.25) is 4.99 Å². The van der Waals surface area contributed by atoms with E-state index in [1.807, 2.05) is 37.6 Å². The number of aromatic nitrogens is 2. The summed E-state index contributed by atoms with van der Waals surface area (Å²) in [5.41, 5.74) is 2.07. The topological polar surface area (TPSA) is 59.6 Å². The highest BCUT2D eigenvalue weighted by Gasteiger charge is 2.20. The Morgan fingerprint density at radius 1 is 1.21 bits per heavy atom. The molecule has 0 aliphatic carbocycles. The van der Waals surface area contributed by atoms with Gasteiger partial charge in [-0.05, 0) is 42.3 Å². The Labute approximate surface area is 164 Å². The minimum absolute atomic E-state index is 0.206. The predicted molar refractivity (Wildman–Crippen MR) is 111 cm³/mol. The number of pyridine rings is 1. The van der Waals surface area contributed by atoms with Crippen LogP contribution in [0.15, 0.2) is 53.8 Å². The molecule has 0 amide bonds. The van der Waals surface area contributed by atoms with Crippen LogP contribution in [0.5, 0.6) is 0 Å². The van der Waals surface area contributed by atoms with Crippen molar-refractivity contribution in [2.45, 2.75) is 6.42 Å². The van der Waals surface area contributed by atoms with Gasteiger partial charge in [0.2, 0.25) is 0 Å². The summed E-state index contributed by atoms with van der Waals surface area (Å²) in [7, 11) is 1.81. The average Bonchev–Trinajstić information content (AvgIpc) is 3.14. The van der Waals surface area contributed by atoms with Crippen molar-refractivity contribution >= 4 is 22.7 Å². The molecule has 1 saturated heterocycles. The van der Waals surface area contributed by atoms with Crippen LogP contribution in [0.25, 0.3) is 10.9 Å². The molecule has 0 bridgehead atoms. The number of aromatic amines is 1. The number of hydrogen-bond acceptors (Lipinski definition) is 3. The molecule has 6 nitrogen and oxygen atoms in total. The number of halogens is 1. The summed E-state index contributed by atoms with van der Waals surface area (Å²) in [6.07, 6.45) is 4.59. The average molecular weight is 380 g/mol. The smallest absolute Gasteiger partial charge is 0.193 e. The van der Waals surface area contributed by atoms with Crippen molar-refractivity contribution in [3.8, 4) is 0 Å². The third-order valence-electron chi connectivity index (χ3n) is 5.17. The van der Waals surface area contributed by atoms with E-state index in [4.69, 9.17) is 0 Å². The predicted octanol–water partition coefficient (Wildman–Crippen LogP) is 2.64. The highest BCUT2D eigenvalue weighted by Crippen LogP contribution is 2.19. The van der Waals surface area contributed by atoms with Gasteiger partial charge in [0.05, 0.1) is 0 Å². The summed E-state index contributed by atoms with van der Waals surface area (Å²) in [6, 6.07) is 10.9. The first kappa shape index (κ1) is 18.3. The van der Waals surface area contributed by atoms with Gasteiger partial charge in [-0.1, -0.05) is 6.07 Å². The highest BCUT2D eigenvalue weighted by molar-refractivity contribution is 5.83.